The highest BCUT2D eigenvalue weighted by molar-refractivity contribution is 9.10. The van der Waals surface area contributed by atoms with Crippen molar-refractivity contribution in [2.45, 2.75) is 13.5 Å². The number of rotatable bonds is 2. The molecule has 0 N–H and O–H groups in total. The van der Waals surface area contributed by atoms with Crippen LogP contribution in [0.4, 0.5) is 0 Å². The second-order valence-electron chi connectivity index (χ2n) is 4.65. The first-order valence-corrected chi connectivity index (χ1v) is 6.93. The summed E-state index contributed by atoms with van der Waals surface area (Å²) in [5, 5.41) is 0. The molecule has 2 aromatic rings. The van der Waals surface area contributed by atoms with Gasteiger partial charge in [0.15, 0.2) is 0 Å². The van der Waals surface area contributed by atoms with Gasteiger partial charge in [-0.1, -0.05) is 12.1 Å². The van der Waals surface area contributed by atoms with Crippen molar-refractivity contribution >= 4 is 27.7 Å². The fourth-order valence-electron chi connectivity index (χ4n) is 2.20. The minimum Gasteiger partial charge on any atom is -0.270 e. The van der Waals surface area contributed by atoms with E-state index >= 15 is 0 Å². The lowest BCUT2D eigenvalue weighted by atomic mass is 10.1. The molecule has 1 aromatic heterocycles. The number of fused-ring (bicyclic) bond motifs is 1. The molecule has 1 aromatic carbocycles. The zero-order valence-electron chi connectivity index (χ0n) is 10.8. The molecule has 0 aliphatic carbocycles. The zero-order valence-corrected chi connectivity index (χ0v) is 12.3. The topological polar surface area (TPSA) is 50.3 Å². The molecule has 20 heavy (non-hydrogen) atoms. The van der Waals surface area contributed by atoms with Crippen molar-refractivity contribution in [2.24, 2.45) is 0 Å². The Kier molecular flexibility index (Phi) is 3.14. The van der Waals surface area contributed by atoms with Gasteiger partial charge < -0.3 is 0 Å². The fourth-order valence-corrected chi connectivity index (χ4v) is 2.59. The molecule has 2 amide bonds. The molecule has 1 aliphatic rings. The van der Waals surface area contributed by atoms with E-state index in [0.29, 0.717) is 11.1 Å². The molecular weight excluding hydrogens is 320 g/mol. The van der Waals surface area contributed by atoms with E-state index in [1.165, 1.54) is 4.90 Å². The molecule has 0 radical (unpaired) electrons. The molecule has 0 saturated heterocycles. The SMILES string of the molecule is Cc1ncc(CN2C(=O)c3ccccc3C2=O)cc1Br. The predicted octanol–water partition coefficient (Wildman–Crippen LogP) is 2.95. The molecule has 0 spiro atoms. The van der Waals surface area contributed by atoms with E-state index in [1.54, 1.807) is 30.5 Å². The minimum absolute atomic E-state index is 0.234. The zero-order chi connectivity index (χ0) is 14.3. The summed E-state index contributed by atoms with van der Waals surface area (Å²) in [6, 6.07) is 8.76. The summed E-state index contributed by atoms with van der Waals surface area (Å²) in [5.74, 6) is -0.496. The maximum atomic E-state index is 12.2. The minimum atomic E-state index is -0.248. The van der Waals surface area contributed by atoms with Crippen LogP contribution in [0, 0.1) is 6.92 Å². The number of carbonyl (C=O) groups is 2. The van der Waals surface area contributed by atoms with E-state index in [1.807, 2.05) is 13.0 Å². The maximum absolute atomic E-state index is 12.2. The number of amides is 2. The average molecular weight is 331 g/mol. The van der Waals surface area contributed by atoms with Gasteiger partial charge in [-0.3, -0.25) is 19.5 Å². The molecular formula is C15H11BrN2O2. The molecule has 0 bridgehead atoms. The van der Waals surface area contributed by atoms with Crippen LogP contribution in [-0.2, 0) is 6.54 Å². The quantitative estimate of drug-likeness (QED) is 0.795. The molecule has 5 heteroatoms. The largest absolute Gasteiger partial charge is 0.270 e. The van der Waals surface area contributed by atoms with Crippen molar-refractivity contribution < 1.29 is 9.59 Å². The lowest BCUT2D eigenvalue weighted by molar-refractivity contribution is 0.0642. The molecule has 2 heterocycles. The molecule has 4 nitrogen and oxygen atoms in total. The van der Waals surface area contributed by atoms with E-state index < -0.39 is 0 Å². The number of carbonyl (C=O) groups excluding carboxylic acids is 2. The van der Waals surface area contributed by atoms with Crippen molar-refractivity contribution in [3.63, 3.8) is 0 Å². The Morgan fingerprint density at radius 1 is 1.15 bits per heavy atom. The number of halogens is 1. The predicted molar refractivity (Wildman–Crippen MR) is 77.3 cm³/mol. The van der Waals surface area contributed by atoms with Gasteiger partial charge in [0.05, 0.1) is 23.4 Å². The summed E-state index contributed by atoms with van der Waals surface area (Å²) in [6.45, 7) is 2.12. The summed E-state index contributed by atoms with van der Waals surface area (Å²) >= 11 is 3.40. The molecule has 3 rings (SSSR count). The number of hydrogen-bond donors (Lipinski definition) is 0. The molecule has 0 atom stereocenters. The Morgan fingerprint density at radius 2 is 1.75 bits per heavy atom. The van der Waals surface area contributed by atoms with Gasteiger partial charge in [0.2, 0.25) is 0 Å². The van der Waals surface area contributed by atoms with Gasteiger partial charge in [-0.25, -0.2) is 0 Å². The van der Waals surface area contributed by atoms with E-state index in [2.05, 4.69) is 20.9 Å². The Morgan fingerprint density at radius 3 is 2.30 bits per heavy atom. The number of imide groups is 1. The normalized spacial score (nSPS) is 13.8. The summed E-state index contributed by atoms with van der Waals surface area (Å²) in [4.78, 5) is 29.9. The standard InChI is InChI=1S/C15H11BrN2O2/c1-9-13(16)6-10(7-17-9)8-18-14(19)11-4-2-3-5-12(11)15(18)20/h2-7H,8H2,1H3. The average Bonchev–Trinajstić information content (AvgIpc) is 2.69. The summed E-state index contributed by atoms with van der Waals surface area (Å²) in [5.41, 5.74) is 2.63. The number of hydrogen-bond acceptors (Lipinski definition) is 3. The highest BCUT2D eigenvalue weighted by Gasteiger charge is 2.34. The molecule has 100 valence electrons. The van der Waals surface area contributed by atoms with Gasteiger partial charge in [0.1, 0.15) is 0 Å². The van der Waals surface area contributed by atoms with Crippen LogP contribution in [0.5, 0.6) is 0 Å². The van der Waals surface area contributed by atoms with Crippen LogP contribution in [-0.4, -0.2) is 21.7 Å². The lowest BCUT2D eigenvalue weighted by Crippen LogP contribution is -2.29. The first kappa shape index (κ1) is 13.0. The summed E-state index contributed by atoms with van der Waals surface area (Å²) in [6.07, 6.45) is 1.68. The van der Waals surface area contributed by atoms with Crippen LogP contribution in [0.25, 0.3) is 0 Å². The second-order valence-corrected chi connectivity index (χ2v) is 5.51. The fraction of sp³-hybridized carbons (Fsp3) is 0.133. The van der Waals surface area contributed by atoms with Crippen LogP contribution in [0.3, 0.4) is 0 Å². The van der Waals surface area contributed by atoms with E-state index in [-0.39, 0.29) is 18.4 Å². The van der Waals surface area contributed by atoms with Gasteiger partial charge in [-0.15, -0.1) is 0 Å². The number of aryl methyl sites for hydroxylation is 1. The van der Waals surface area contributed by atoms with Crippen LogP contribution in [0.15, 0.2) is 41.0 Å². The smallest absolute Gasteiger partial charge is 0.261 e. The Bertz CT molecular complexity index is 693. The number of pyridine rings is 1. The van der Waals surface area contributed by atoms with Gasteiger partial charge in [0, 0.05) is 10.7 Å². The first-order valence-electron chi connectivity index (χ1n) is 6.14. The highest BCUT2D eigenvalue weighted by atomic mass is 79.9. The Balaban J connectivity index is 1.91. The van der Waals surface area contributed by atoms with Crippen molar-refractivity contribution in [1.82, 2.24) is 9.88 Å². The Labute approximate surface area is 124 Å². The van der Waals surface area contributed by atoms with E-state index in [0.717, 1.165) is 15.7 Å². The Hall–Kier alpha value is -2.01. The van der Waals surface area contributed by atoms with Crippen molar-refractivity contribution in [1.29, 1.82) is 0 Å². The maximum Gasteiger partial charge on any atom is 0.261 e. The van der Waals surface area contributed by atoms with Crippen molar-refractivity contribution in [3.8, 4) is 0 Å². The van der Waals surface area contributed by atoms with Crippen molar-refractivity contribution in [3.05, 3.63) is 63.4 Å². The van der Waals surface area contributed by atoms with Crippen LogP contribution in [0.1, 0.15) is 32.0 Å². The third-order valence-corrected chi connectivity index (χ3v) is 4.10. The molecule has 1 aliphatic heterocycles. The summed E-state index contributed by atoms with van der Waals surface area (Å²) in [7, 11) is 0. The number of nitrogens with zero attached hydrogens (tertiary/aromatic N) is 2. The second kappa shape index (κ2) is 4.83. The number of aromatic nitrogens is 1. The third kappa shape index (κ3) is 2.04. The highest BCUT2D eigenvalue weighted by Crippen LogP contribution is 2.25. The van der Waals surface area contributed by atoms with Crippen LogP contribution >= 0.6 is 15.9 Å². The van der Waals surface area contributed by atoms with Crippen LogP contribution < -0.4 is 0 Å². The van der Waals surface area contributed by atoms with Crippen molar-refractivity contribution in [2.75, 3.05) is 0 Å². The van der Waals surface area contributed by atoms with Gasteiger partial charge in [-0.05, 0) is 46.6 Å². The molecule has 0 fully saturated rings. The van der Waals surface area contributed by atoms with Gasteiger partial charge in [0.25, 0.3) is 11.8 Å². The first-order chi connectivity index (χ1) is 9.58. The van der Waals surface area contributed by atoms with Crippen LogP contribution in [0.2, 0.25) is 0 Å². The molecule has 0 saturated carbocycles. The number of benzene rings is 1. The lowest BCUT2D eigenvalue weighted by Gasteiger charge is -2.14. The van der Waals surface area contributed by atoms with E-state index in [4.69, 9.17) is 0 Å². The van der Waals surface area contributed by atoms with Gasteiger partial charge in [-0.2, -0.15) is 0 Å². The summed E-state index contributed by atoms with van der Waals surface area (Å²) < 4.78 is 0.867. The van der Waals surface area contributed by atoms with Gasteiger partial charge >= 0.3 is 0 Å². The monoisotopic (exact) mass is 330 g/mol. The van der Waals surface area contributed by atoms with E-state index in [9.17, 15) is 9.59 Å². The third-order valence-electron chi connectivity index (χ3n) is 3.30. The molecule has 0 unspecified atom stereocenters.